The number of halogens is 3. The van der Waals surface area contributed by atoms with E-state index in [1.807, 2.05) is 6.07 Å². The van der Waals surface area contributed by atoms with Crippen molar-refractivity contribution in [1.82, 2.24) is 9.88 Å². The van der Waals surface area contributed by atoms with Crippen molar-refractivity contribution in [2.75, 3.05) is 18.9 Å². The second-order valence-corrected chi connectivity index (χ2v) is 8.00. The molecular weight excluding hydrogens is 391 g/mol. The number of unbranched alkanes of at least 4 members (excludes halogenated alkanes) is 2. The topological polar surface area (TPSA) is 45.2 Å². The molecule has 2 unspecified atom stereocenters. The number of benzene rings is 1. The summed E-state index contributed by atoms with van der Waals surface area (Å²) in [7, 11) is 2.23. The van der Waals surface area contributed by atoms with Crippen molar-refractivity contribution in [3.63, 3.8) is 0 Å². The van der Waals surface area contributed by atoms with E-state index in [0.29, 0.717) is 12.1 Å². The summed E-state index contributed by atoms with van der Waals surface area (Å²) in [6, 6.07) is 7.01. The molecule has 2 heterocycles. The summed E-state index contributed by atoms with van der Waals surface area (Å²) in [6.45, 7) is 3.45. The first kappa shape index (κ1) is 22.3. The van der Waals surface area contributed by atoms with Crippen molar-refractivity contribution in [2.24, 2.45) is 5.92 Å². The van der Waals surface area contributed by atoms with Crippen LogP contribution in [0.1, 0.15) is 55.1 Å². The number of likely N-dealkylation sites (tertiary alicyclic amines) is 1. The van der Waals surface area contributed by atoms with Gasteiger partial charge in [-0.15, -0.1) is 0 Å². The number of pyridine rings is 1. The zero-order chi connectivity index (χ0) is 21.7. The Morgan fingerprint density at radius 3 is 2.47 bits per heavy atom. The molecule has 1 saturated heterocycles. The fourth-order valence-corrected chi connectivity index (χ4v) is 3.80. The first-order valence-electron chi connectivity index (χ1n) is 10.5. The lowest BCUT2D eigenvalue weighted by Crippen LogP contribution is -2.17. The number of hydrogen-bond donors (Lipinski definition) is 1. The lowest BCUT2D eigenvalue weighted by atomic mass is 10.1. The summed E-state index contributed by atoms with van der Waals surface area (Å²) < 4.78 is 40.1. The van der Waals surface area contributed by atoms with Gasteiger partial charge in [-0.1, -0.05) is 25.8 Å². The van der Waals surface area contributed by atoms with Crippen LogP contribution in [0.3, 0.4) is 0 Å². The number of aryl methyl sites for hydroxylation is 1. The number of rotatable bonds is 6. The van der Waals surface area contributed by atoms with E-state index in [4.69, 9.17) is 0 Å². The Balaban J connectivity index is 0.000000302. The summed E-state index contributed by atoms with van der Waals surface area (Å²) >= 11 is 0. The van der Waals surface area contributed by atoms with Gasteiger partial charge in [-0.25, -0.2) is 18.2 Å². The maximum absolute atomic E-state index is 13.6. The van der Waals surface area contributed by atoms with Crippen molar-refractivity contribution in [3.8, 4) is 0 Å². The number of piperidine rings is 1. The van der Waals surface area contributed by atoms with Gasteiger partial charge in [0, 0.05) is 23.9 Å². The number of anilines is 1. The normalized spacial score (nSPS) is 19.6. The van der Waals surface area contributed by atoms with Gasteiger partial charge in [0.15, 0.2) is 0 Å². The molecule has 2 atom stereocenters. The van der Waals surface area contributed by atoms with Crippen LogP contribution in [0, 0.1) is 23.4 Å². The van der Waals surface area contributed by atoms with Crippen LogP contribution in [0.4, 0.5) is 19.0 Å². The molecule has 1 aliphatic carbocycles. The molecule has 1 aromatic heterocycles. The second kappa shape index (κ2) is 10.1. The van der Waals surface area contributed by atoms with Crippen LogP contribution in [0.2, 0.25) is 0 Å². The Labute approximate surface area is 175 Å². The molecule has 2 fully saturated rings. The first-order chi connectivity index (χ1) is 14.4. The van der Waals surface area contributed by atoms with Crippen LogP contribution < -0.4 is 5.32 Å². The number of nitrogens with one attached hydrogen (secondary N) is 1. The van der Waals surface area contributed by atoms with Gasteiger partial charge < -0.3 is 10.2 Å². The number of fused-ring (bicyclic) bond motifs is 1. The third kappa shape index (κ3) is 5.81. The minimum absolute atomic E-state index is 0.201. The zero-order valence-electron chi connectivity index (χ0n) is 17.4. The number of aromatic nitrogens is 1. The van der Waals surface area contributed by atoms with Crippen molar-refractivity contribution < 1.29 is 18.0 Å². The van der Waals surface area contributed by atoms with Crippen LogP contribution in [0.15, 0.2) is 30.3 Å². The predicted octanol–water partition coefficient (Wildman–Crippen LogP) is 5.19. The number of hydrogen-bond acceptors (Lipinski definition) is 3. The Morgan fingerprint density at radius 1 is 1.20 bits per heavy atom. The minimum atomic E-state index is -1.25. The summed E-state index contributed by atoms with van der Waals surface area (Å²) in [6.07, 6.45) is 6.86. The summed E-state index contributed by atoms with van der Waals surface area (Å²) in [5.74, 6) is -3.26. The van der Waals surface area contributed by atoms with Crippen molar-refractivity contribution >= 4 is 11.7 Å². The molecular formula is C23H28F3N3O. The molecule has 4 nitrogen and oxygen atoms in total. The third-order valence-electron chi connectivity index (χ3n) is 5.62. The molecule has 0 bridgehead atoms. The van der Waals surface area contributed by atoms with Crippen molar-refractivity contribution in [1.29, 1.82) is 0 Å². The van der Waals surface area contributed by atoms with Crippen LogP contribution in [-0.2, 0) is 6.42 Å². The molecule has 1 amide bonds. The second-order valence-electron chi connectivity index (χ2n) is 8.00. The molecule has 7 heteroatoms. The highest BCUT2D eigenvalue weighted by molar-refractivity contribution is 6.04. The van der Waals surface area contributed by atoms with Crippen LogP contribution >= 0.6 is 0 Å². The van der Waals surface area contributed by atoms with Crippen molar-refractivity contribution in [3.05, 3.63) is 59.0 Å². The third-order valence-corrected chi connectivity index (χ3v) is 5.62. The Hall–Kier alpha value is -2.41. The minimum Gasteiger partial charge on any atom is -0.306 e. The lowest BCUT2D eigenvalue weighted by Gasteiger charge is -2.08. The number of amides is 1. The summed E-state index contributed by atoms with van der Waals surface area (Å²) in [4.78, 5) is 18.7. The highest BCUT2D eigenvalue weighted by atomic mass is 19.1. The molecule has 0 radical (unpaired) electrons. The monoisotopic (exact) mass is 419 g/mol. The van der Waals surface area contributed by atoms with Gasteiger partial charge in [-0.05, 0) is 57.3 Å². The quantitative estimate of drug-likeness (QED) is 0.655. The molecule has 1 aliphatic heterocycles. The smallest absolute Gasteiger partial charge is 0.262 e. The van der Waals surface area contributed by atoms with Gasteiger partial charge >= 0.3 is 0 Å². The van der Waals surface area contributed by atoms with E-state index >= 15 is 0 Å². The Bertz CT molecular complexity index is 867. The van der Waals surface area contributed by atoms with E-state index in [1.54, 1.807) is 6.07 Å². The van der Waals surface area contributed by atoms with Crippen LogP contribution in [0.25, 0.3) is 0 Å². The first-order valence-corrected chi connectivity index (χ1v) is 10.5. The number of carbonyl (C=O) groups is 1. The van der Waals surface area contributed by atoms with Crippen LogP contribution in [0.5, 0.6) is 0 Å². The number of nitrogens with zero attached hydrogens (tertiary/aromatic N) is 2. The van der Waals surface area contributed by atoms with E-state index in [2.05, 4.69) is 29.2 Å². The molecule has 1 saturated carbocycles. The Kier molecular flexibility index (Phi) is 7.48. The Morgan fingerprint density at radius 2 is 1.93 bits per heavy atom. The highest BCUT2D eigenvalue weighted by Gasteiger charge is 2.44. The molecule has 1 aromatic carbocycles. The van der Waals surface area contributed by atoms with Gasteiger partial charge in [-0.3, -0.25) is 4.79 Å². The van der Waals surface area contributed by atoms with E-state index in [9.17, 15) is 18.0 Å². The lowest BCUT2D eigenvalue weighted by molar-refractivity contribution is 0.101. The van der Waals surface area contributed by atoms with E-state index in [1.165, 1.54) is 25.5 Å². The van der Waals surface area contributed by atoms with Crippen molar-refractivity contribution in [2.45, 2.75) is 51.5 Å². The van der Waals surface area contributed by atoms with Gasteiger partial charge in [0.05, 0.1) is 0 Å². The summed E-state index contributed by atoms with van der Waals surface area (Å²) in [5, 5.41) is 2.34. The fourth-order valence-electron chi connectivity index (χ4n) is 3.80. The molecule has 4 rings (SSSR count). The van der Waals surface area contributed by atoms with E-state index in [-0.39, 0.29) is 5.82 Å². The van der Waals surface area contributed by atoms with Gasteiger partial charge in [0.2, 0.25) is 0 Å². The standard InChI is InChI=1S/C17H17F3N2O.C6H11N/c1-2-3-4-6-12-7-5-8-15(21-12)22-17(23)16-13(19)9-11(18)10-14(16)20;1-7-3-2-5-4-6(5)7/h5,7-10H,2-4,6H2,1H3,(H,21,22,23);5-6H,2-4H2,1H3. The van der Waals surface area contributed by atoms with E-state index in [0.717, 1.165) is 43.3 Å². The maximum atomic E-state index is 13.6. The maximum Gasteiger partial charge on any atom is 0.262 e. The van der Waals surface area contributed by atoms with Gasteiger partial charge in [-0.2, -0.15) is 0 Å². The molecule has 162 valence electrons. The predicted molar refractivity (Wildman–Crippen MR) is 111 cm³/mol. The molecule has 30 heavy (non-hydrogen) atoms. The average Bonchev–Trinajstić information content (AvgIpc) is 3.38. The largest absolute Gasteiger partial charge is 0.306 e. The fraction of sp³-hybridized carbons (Fsp3) is 0.478. The average molecular weight is 419 g/mol. The molecule has 0 spiro atoms. The van der Waals surface area contributed by atoms with Gasteiger partial charge in [0.1, 0.15) is 28.8 Å². The molecule has 1 N–H and O–H groups in total. The van der Waals surface area contributed by atoms with Gasteiger partial charge in [0.25, 0.3) is 5.91 Å². The molecule has 2 aromatic rings. The SMILES string of the molecule is CCCCCc1cccc(NC(=O)c2c(F)cc(F)cc2F)n1.CN1CCC2CC21. The highest BCUT2D eigenvalue weighted by Crippen LogP contribution is 2.43. The van der Waals surface area contributed by atoms with E-state index < -0.39 is 28.9 Å². The zero-order valence-corrected chi connectivity index (χ0v) is 17.4. The summed E-state index contributed by atoms with van der Waals surface area (Å²) in [5.41, 5.74) is -0.0408. The van der Waals surface area contributed by atoms with Crippen LogP contribution in [-0.4, -0.2) is 35.4 Å². The molecule has 2 aliphatic rings. The number of carbonyl (C=O) groups excluding carboxylic acids is 1.